The SMILES string of the molecule is CCN(CC)CCCOc1ccc(CC(=O)c2ccc(C)c(C#Cc3cnc4ccccn34)c2)cc1C.Cc1ccc(C(=O)Cc2ccc(C#N)c(C(F)(F)F)c2)cc1C#Cc1cnc2ccccn12.Cc1ccnc(CC(=O)c2ccc(C)c(C#Cc3cnc4ccccn34)c2)c1.Cc1ccnc(NC(=O)c2ccc(C)c(C#Cc3cnc4c(C)cccn34)c2)c1. The third-order valence-corrected chi connectivity index (χ3v) is 21.2. The minimum Gasteiger partial charge on any atom is -0.493 e. The molecule has 0 bridgehead atoms. The van der Waals surface area contributed by atoms with Crippen molar-refractivity contribution in [3.05, 3.63) is 402 Å². The number of hydrogen-bond donors (Lipinski definition) is 1. The van der Waals surface area contributed by atoms with Crippen LogP contribution in [0.4, 0.5) is 19.0 Å². The molecule has 630 valence electrons. The van der Waals surface area contributed by atoms with Crippen molar-refractivity contribution < 1.29 is 37.1 Å². The van der Waals surface area contributed by atoms with Gasteiger partial charge in [-0.3, -0.25) is 41.8 Å². The second kappa shape index (κ2) is 41.3. The molecule has 0 spiro atoms. The molecule has 0 aliphatic carbocycles. The molecule has 0 saturated carbocycles. The molecule has 16 rings (SSSR count). The van der Waals surface area contributed by atoms with Gasteiger partial charge in [0.2, 0.25) is 0 Å². The fraction of sp³-hybridized carbons (Fsp3) is 0.179. The molecule has 1 amide bonds. The van der Waals surface area contributed by atoms with Crippen molar-refractivity contribution >= 4 is 51.7 Å². The van der Waals surface area contributed by atoms with Crippen LogP contribution in [0, 0.1) is 114 Å². The smallest absolute Gasteiger partial charge is 0.417 e. The number of halogens is 3. The molecule has 1 N–H and O–H groups in total. The highest BCUT2D eigenvalue weighted by atomic mass is 19.4. The van der Waals surface area contributed by atoms with Gasteiger partial charge < -0.3 is 15.0 Å². The Kier molecular flexibility index (Phi) is 28.9. The van der Waals surface area contributed by atoms with Crippen LogP contribution in [0.15, 0.2) is 262 Å². The first-order chi connectivity index (χ1) is 61.3. The van der Waals surface area contributed by atoms with Crippen molar-refractivity contribution in [3.63, 3.8) is 0 Å². The number of benzene rings is 6. The van der Waals surface area contributed by atoms with Crippen molar-refractivity contribution in [2.24, 2.45) is 0 Å². The number of nitrogens with one attached hydrogen (secondary N) is 1. The zero-order chi connectivity index (χ0) is 89.7. The van der Waals surface area contributed by atoms with E-state index in [1.807, 2.05) is 249 Å². The number of amides is 1. The van der Waals surface area contributed by atoms with Gasteiger partial charge in [0.15, 0.2) is 17.3 Å². The Morgan fingerprint density at radius 1 is 0.417 bits per heavy atom. The number of nitriles is 1. The summed E-state index contributed by atoms with van der Waals surface area (Å²) in [5.74, 6) is 26.3. The average Bonchev–Trinajstić information content (AvgIpc) is 1.81. The lowest BCUT2D eigenvalue weighted by Gasteiger charge is -2.18. The largest absolute Gasteiger partial charge is 0.493 e. The Labute approximate surface area is 736 Å². The molecule has 6 aromatic carbocycles. The molecule has 10 heterocycles. The van der Waals surface area contributed by atoms with Crippen LogP contribution in [0.1, 0.15) is 179 Å². The number of aryl methyl sites for hydroxylation is 8. The standard InChI is InChI=1S/C32H35N3O2.C26H16F3N3O.C24H20N4O.C24H19N3O/c1-5-34(6-2)17-9-19-37-31-16-12-26(20-25(31)4)21-30(36)28-13-11-24(3)27(22-28)14-15-29-23-33-32-10-7-8-18-35(29)32;1-17-5-7-20(14-19(17)9-10-22-16-31-25-4-2-3-11-32(22)25)24(33)13-18-6-8-21(15-30)23(12-18)26(27,28)29;1-16-10-11-25-22(13-16)27-24(29)20-7-6-17(2)19(14-20)8-9-21-15-26-23-18(3)5-4-12-28(21)23;1-17-10-11-25-21(13-17)15-23(28)20-7-6-18(2)19(14-20)8-9-22-16-26-24-5-3-4-12-27(22)24/h7-8,10-13,16,18,20,22-23H,5-6,9,17,19,21H2,1-4H3;2-8,11-12,14,16H,13H2,1H3;4-7,10-15H,1-3H3,(H,25,27,29);3-7,10-14,16H,15H2,1-2H3. The zero-order valence-electron chi connectivity index (χ0n) is 72.0. The van der Waals surface area contributed by atoms with Crippen LogP contribution in [0.5, 0.6) is 5.75 Å². The van der Waals surface area contributed by atoms with Crippen LogP contribution in [0.2, 0.25) is 0 Å². The van der Waals surface area contributed by atoms with E-state index in [9.17, 15) is 32.3 Å². The predicted octanol–water partition coefficient (Wildman–Crippen LogP) is 19.7. The number of fused-ring (bicyclic) bond motifs is 4. The minimum absolute atomic E-state index is 0.0379. The Morgan fingerprint density at radius 3 is 1.33 bits per heavy atom. The lowest BCUT2D eigenvalue weighted by atomic mass is 9.96. The summed E-state index contributed by atoms with van der Waals surface area (Å²) in [6.07, 6.45) is 14.8. The summed E-state index contributed by atoms with van der Waals surface area (Å²) in [5.41, 5.74) is 20.5. The molecule has 16 aromatic rings. The number of rotatable bonds is 18. The molecule has 0 atom stereocenters. The number of alkyl halides is 3. The maximum atomic E-state index is 13.2. The molecule has 0 unspecified atom stereocenters. The van der Waals surface area contributed by atoms with Gasteiger partial charge in [-0.05, 0) is 269 Å². The molecular formula is C106H90F3N13O5. The van der Waals surface area contributed by atoms with E-state index in [0.29, 0.717) is 52.4 Å². The van der Waals surface area contributed by atoms with Crippen LogP contribution in [0.3, 0.4) is 0 Å². The Morgan fingerprint density at radius 2 is 0.858 bits per heavy atom. The van der Waals surface area contributed by atoms with Crippen molar-refractivity contribution in [2.75, 3.05) is 31.6 Å². The lowest BCUT2D eigenvalue weighted by molar-refractivity contribution is -0.137. The van der Waals surface area contributed by atoms with E-state index in [1.165, 1.54) is 12.1 Å². The molecule has 10 aromatic heterocycles. The molecular weight excluding hydrogens is 1590 g/mol. The zero-order valence-corrected chi connectivity index (χ0v) is 72.0. The molecule has 0 fully saturated rings. The summed E-state index contributed by atoms with van der Waals surface area (Å²) in [7, 11) is 0. The number of carbonyl (C=O) groups excluding carboxylic acids is 4. The van der Waals surface area contributed by atoms with Gasteiger partial charge in [0.05, 0.1) is 55.0 Å². The van der Waals surface area contributed by atoms with Gasteiger partial charge in [-0.2, -0.15) is 18.4 Å². The van der Waals surface area contributed by atoms with E-state index < -0.39 is 17.3 Å². The number of ether oxygens (including phenoxy) is 1. The Balaban J connectivity index is 0.000000146. The third kappa shape index (κ3) is 23.1. The van der Waals surface area contributed by atoms with Crippen molar-refractivity contribution in [1.29, 1.82) is 5.26 Å². The number of nitrogens with zero attached hydrogens (tertiary/aromatic N) is 12. The maximum absolute atomic E-state index is 13.2. The fourth-order valence-electron chi connectivity index (χ4n) is 13.9. The minimum atomic E-state index is -4.67. The van der Waals surface area contributed by atoms with Gasteiger partial charge in [-0.1, -0.05) is 122 Å². The highest BCUT2D eigenvalue weighted by Crippen LogP contribution is 2.33. The van der Waals surface area contributed by atoms with Gasteiger partial charge in [-0.15, -0.1) is 0 Å². The highest BCUT2D eigenvalue weighted by molar-refractivity contribution is 6.04. The summed E-state index contributed by atoms with van der Waals surface area (Å²) in [6, 6.07) is 61.7. The highest BCUT2D eigenvalue weighted by Gasteiger charge is 2.34. The molecule has 0 aliphatic rings. The van der Waals surface area contributed by atoms with E-state index in [2.05, 4.69) is 107 Å². The molecule has 0 saturated heterocycles. The van der Waals surface area contributed by atoms with Gasteiger partial charge in [0.25, 0.3) is 5.91 Å². The number of pyridine rings is 6. The van der Waals surface area contributed by atoms with Crippen LogP contribution in [-0.2, 0) is 25.4 Å². The van der Waals surface area contributed by atoms with E-state index in [-0.39, 0.29) is 41.7 Å². The molecule has 21 heteroatoms. The topological polar surface area (TPSA) is 212 Å². The normalized spacial score (nSPS) is 10.7. The number of Topliss-reactive ketones (excluding diaryl/α,β-unsaturated/α-hetero) is 3. The van der Waals surface area contributed by atoms with Crippen LogP contribution in [-0.4, -0.2) is 102 Å². The molecule has 0 radical (unpaired) electrons. The molecule has 18 nitrogen and oxygen atoms in total. The van der Waals surface area contributed by atoms with E-state index >= 15 is 0 Å². The number of carbonyl (C=O) groups is 4. The second-order valence-electron chi connectivity index (χ2n) is 30.5. The second-order valence-corrected chi connectivity index (χ2v) is 30.5. The Bertz CT molecular complexity index is 7150. The first-order valence-corrected chi connectivity index (χ1v) is 41.3. The summed E-state index contributed by atoms with van der Waals surface area (Å²) < 4.78 is 53.4. The number of aromatic nitrogens is 10. The van der Waals surface area contributed by atoms with E-state index in [0.717, 1.165) is 156 Å². The van der Waals surface area contributed by atoms with E-state index in [1.54, 1.807) is 61.4 Å². The van der Waals surface area contributed by atoms with Gasteiger partial charge >= 0.3 is 6.18 Å². The quantitative estimate of drug-likeness (QED) is 0.0482. The summed E-state index contributed by atoms with van der Waals surface area (Å²) in [5, 5.41) is 11.8. The van der Waals surface area contributed by atoms with Gasteiger partial charge in [-0.25, -0.2) is 24.9 Å². The summed E-state index contributed by atoms with van der Waals surface area (Å²) in [4.78, 5) is 79.6. The van der Waals surface area contributed by atoms with Crippen molar-refractivity contribution in [2.45, 2.75) is 101 Å². The summed E-state index contributed by atoms with van der Waals surface area (Å²) >= 11 is 0. The predicted molar refractivity (Wildman–Crippen MR) is 489 cm³/mol. The monoisotopic (exact) mass is 1680 g/mol. The number of anilines is 1. The van der Waals surface area contributed by atoms with Crippen LogP contribution >= 0.6 is 0 Å². The number of ketones is 3. The first-order valence-electron chi connectivity index (χ1n) is 41.3. The Hall–Kier alpha value is -15.9. The maximum Gasteiger partial charge on any atom is 0.417 e. The van der Waals surface area contributed by atoms with Gasteiger partial charge in [0.1, 0.15) is 56.9 Å². The average molecular weight is 1680 g/mol. The fourth-order valence-corrected chi connectivity index (χ4v) is 13.9. The lowest BCUT2D eigenvalue weighted by Crippen LogP contribution is -2.25. The molecule has 127 heavy (non-hydrogen) atoms. The van der Waals surface area contributed by atoms with Crippen LogP contribution < -0.4 is 10.1 Å². The molecule has 0 aliphatic heterocycles. The number of imidazole rings is 4. The third-order valence-electron chi connectivity index (χ3n) is 21.2. The summed E-state index contributed by atoms with van der Waals surface area (Å²) in [6.45, 7) is 24.1. The first kappa shape index (κ1) is 88.9. The number of hydrogen-bond acceptors (Lipinski definition) is 13. The van der Waals surface area contributed by atoms with Gasteiger partial charge in [0, 0.05) is 107 Å². The van der Waals surface area contributed by atoms with Crippen molar-refractivity contribution in [3.8, 4) is 59.2 Å². The van der Waals surface area contributed by atoms with Crippen LogP contribution in [0.25, 0.3) is 22.6 Å². The van der Waals surface area contributed by atoms with Crippen molar-refractivity contribution in [1.82, 2.24) is 52.4 Å². The van der Waals surface area contributed by atoms with E-state index in [4.69, 9.17) is 10.00 Å².